The van der Waals surface area contributed by atoms with Gasteiger partial charge in [-0.25, -0.2) is 0 Å². The summed E-state index contributed by atoms with van der Waals surface area (Å²) in [6, 6.07) is 25.2. The van der Waals surface area contributed by atoms with Gasteiger partial charge in [-0.1, -0.05) is 113 Å². The zero-order valence-corrected chi connectivity index (χ0v) is 27.1. The second kappa shape index (κ2) is 10.6. The number of nitrogens with zero attached hydrogens (tertiary/aromatic N) is 1. The first kappa shape index (κ1) is 27.0. The van der Waals surface area contributed by atoms with E-state index in [9.17, 15) is 0 Å². The van der Waals surface area contributed by atoms with Crippen LogP contribution in [0.5, 0.6) is 0 Å². The fourth-order valence-corrected chi connectivity index (χ4v) is 19.9. The Labute approximate surface area is 251 Å². The van der Waals surface area contributed by atoms with Crippen LogP contribution in [0.15, 0.2) is 60.7 Å². The molecule has 0 amide bonds. The lowest BCUT2D eigenvalue weighted by atomic mass is 9.70. The standard InChI is InChI=1S/C39H55NSi/c1-26-25-34-29(27-15-6-4-7-16-27)22-14-23-32(34)38(26)41(2,3)39-31-20-11-10-19-30(31)36-33-21-12-13-24-35(33)40(37(36)39)28-17-8-5-9-18-28/h4-9,15-18,26,29-39H,10-14,19-25H2,1-3H3. The first-order chi connectivity index (χ1) is 20.1. The van der Waals surface area contributed by atoms with Gasteiger partial charge in [-0.05, 0) is 108 Å². The molecule has 0 radical (unpaired) electrons. The van der Waals surface area contributed by atoms with E-state index in [4.69, 9.17) is 0 Å². The number of rotatable bonds is 4. The van der Waals surface area contributed by atoms with Crippen molar-refractivity contribution < 1.29 is 0 Å². The summed E-state index contributed by atoms with van der Waals surface area (Å²) in [5, 5.41) is 0. The highest BCUT2D eigenvalue weighted by Gasteiger charge is 2.67. The third-order valence-corrected chi connectivity index (χ3v) is 19.6. The average Bonchev–Trinajstić information content (AvgIpc) is 3.64. The average molecular weight is 566 g/mol. The van der Waals surface area contributed by atoms with Crippen LogP contribution in [0, 0.1) is 41.4 Å². The van der Waals surface area contributed by atoms with Crippen LogP contribution < -0.4 is 4.90 Å². The van der Waals surface area contributed by atoms with Crippen molar-refractivity contribution in [2.75, 3.05) is 4.90 Å². The van der Waals surface area contributed by atoms with Crippen molar-refractivity contribution in [2.45, 2.75) is 126 Å². The van der Waals surface area contributed by atoms with Gasteiger partial charge in [0.15, 0.2) is 0 Å². The summed E-state index contributed by atoms with van der Waals surface area (Å²) >= 11 is 0. The topological polar surface area (TPSA) is 3.24 Å². The number of anilines is 1. The molecule has 12 unspecified atom stereocenters. The minimum atomic E-state index is -1.61. The molecule has 6 fully saturated rings. The highest BCUT2D eigenvalue weighted by Crippen LogP contribution is 2.69. The minimum absolute atomic E-state index is 0.807. The van der Waals surface area contributed by atoms with Gasteiger partial charge in [-0.15, -0.1) is 0 Å². The van der Waals surface area contributed by atoms with Gasteiger partial charge in [0.2, 0.25) is 0 Å². The van der Waals surface area contributed by atoms with E-state index in [1.54, 1.807) is 24.1 Å². The molecular weight excluding hydrogens is 511 g/mol. The third-order valence-electron chi connectivity index (χ3n) is 14.4. The van der Waals surface area contributed by atoms with Crippen LogP contribution in [0.25, 0.3) is 0 Å². The summed E-state index contributed by atoms with van der Waals surface area (Å²) in [5.41, 5.74) is 5.21. The molecule has 220 valence electrons. The fraction of sp³-hybridized carbons (Fsp3) is 0.692. The molecule has 1 heterocycles. The Balaban J connectivity index is 1.20. The van der Waals surface area contributed by atoms with Gasteiger partial charge in [0.1, 0.15) is 0 Å². The molecule has 5 saturated carbocycles. The normalized spacial score (nSPS) is 43.7. The van der Waals surface area contributed by atoms with Gasteiger partial charge in [0, 0.05) is 17.8 Å². The van der Waals surface area contributed by atoms with E-state index in [2.05, 4.69) is 85.6 Å². The first-order valence-corrected chi connectivity index (χ1v) is 21.1. The SMILES string of the molecule is CC1CC2C(c3ccccc3)CCCC2C1[Si](C)(C)C1C2CCCCC2C2C3CCCCC3N(c3ccccc3)C21. The second-order valence-electron chi connectivity index (χ2n) is 16.3. The van der Waals surface area contributed by atoms with E-state index in [-0.39, 0.29) is 0 Å². The Morgan fingerprint density at radius 2 is 1.22 bits per heavy atom. The van der Waals surface area contributed by atoms with Crippen LogP contribution >= 0.6 is 0 Å². The van der Waals surface area contributed by atoms with Crippen LogP contribution in [-0.4, -0.2) is 20.2 Å². The predicted octanol–water partition coefficient (Wildman–Crippen LogP) is 10.6. The van der Waals surface area contributed by atoms with Crippen molar-refractivity contribution in [1.82, 2.24) is 0 Å². The van der Waals surface area contributed by atoms with E-state index in [0.717, 1.165) is 70.5 Å². The van der Waals surface area contributed by atoms with E-state index < -0.39 is 8.07 Å². The van der Waals surface area contributed by atoms with Crippen LogP contribution in [0.1, 0.15) is 95.5 Å². The minimum Gasteiger partial charge on any atom is -0.365 e. The summed E-state index contributed by atoms with van der Waals surface area (Å²) in [7, 11) is -1.61. The molecule has 2 aromatic rings. The molecule has 12 atom stereocenters. The van der Waals surface area contributed by atoms with Crippen LogP contribution in [0.3, 0.4) is 0 Å². The number of fused-ring (bicyclic) bond motifs is 6. The van der Waals surface area contributed by atoms with E-state index in [0.29, 0.717) is 0 Å². The largest absolute Gasteiger partial charge is 0.365 e. The molecule has 2 heteroatoms. The molecule has 41 heavy (non-hydrogen) atoms. The lowest BCUT2D eigenvalue weighted by Gasteiger charge is -2.50. The summed E-state index contributed by atoms with van der Waals surface area (Å²) < 4.78 is 0. The monoisotopic (exact) mass is 565 g/mol. The van der Waals surface area contributed by atoms with Gasteiger partial charge in [0.25, 0.3) is 0 Å². The van der Waals surface area contributed by atoms with Gasteiger partial charge >= 0.3 is 0 Å². The van der Waals surface area contributed by atoms with E-state index in [1.807, 2.05) is 0 Å². The molecule has 1 nitrogen and oxygen atoms in total. The van der Waals surface area contributed by atoms with Gasteiger partial charge in [-0.2, -0.15) is 0 Å². The first-order valence-electron chi connectivity index (χ1n) is 17.9. The van der Waals surface area contributed by atoms with Crippen molar-refractivity contribution in [3.63, 3.8) is 0 Å². The molecule has 0 bridgehead atoms. The van der Waals surface area contributed by atoms with E-state index >= 15 is 0 Å². The summed E-state index contributed by atoms with van der Waals surface area (Å²) in [6.45, 7) is 8.62. The number of benzene rings is 2. The highest BCUT2D eigenvalue weighted by molar-refractivity contribution is 6.80. The second-order valence-corrected chi connectivity index (χ2v) is 21.3. The van der Waals surface area contributed by atoms with Crippen LogP contribution in [0.4, 0.5) is 5.69 Å². The van der Waals surface area contributed by atoms with Gasteiger partial charge in [0.05, 0.1) is 8.07 Å². The molecule has 0 spiro atoms. The van der Waals surface area contributed by atoms with Crippen molar-refractivity contribution in [3.8, 4) is 0 Å². The lowest BCUT2D eigenvalue weighted by molar-refractivity contribution is 0.160. The maximum Gasteiger partial charge on any atom is 0.0567 e. The maximum absolute atomic E-state index is 3.14. The molecule has 2 aromatic carbocycles. The zero-order valence-electron chi connectivity index (χ0n) is 26.1. The number of hydrogen-bond donors (Lipinski definition) is 0. The van der Waals surface area contributed by atoms with E-state index in [1.165, 1.54) is 64.2 Å². The fourth-order valence-electron chi connectivity index (χ4n) is 13.6. The van der Waals surface area contributed by atoms with Crippen molar-refractivity contribution >= 4 is 13.8 Å². The Morgan fingerprint density at radius 1 is 0.610 bits per heavy atom. The van der Waals surface area contributed by atoms with Crippen LogP contribution in [-0.2, 0) is 0 Å². The highest BCUT2D eigenvalue weighted by atomic mass is 28.3. The van der Waals surface area contributed by atoms with Crippen molar-refractivity contribution in [3.05, 3.63) is 66.2 Å². The molecule has 5 aliphatic carbocycles. The Kier molecular flexibility index (Phi) is 6.97. The lowest BCUT2D eigenvalue weighted by Crippen LogP contribution is -2.52. The van der Waals surface area contributed by atoms with Crippen molar-refractivity contribution in [2.24, 2.45) is 41.4 Å². The summed E-state index contributed by atoms with van der Waals surface area (Å²) in [6.07, 6.45) is 17.9. The van der Waals surface area contributed by atoms with Gasteiger partial charge < -0.3 is 4.90 Å². The number of para-hydroxylation sites is 1. The Hall–Kier alpha value is -1.54. The van der Waals surface area contributed by atoms with Crippen LogP contribution in [0.2, 0.25) is 24.2 Å². The smallest absolute Gasteiger partial charge is 0.0567 e. The number of hydrogen-bond acceptors (Lipinski definition) is 1. The zero-order chi connectivity index (χ0) is 27.7. The molecule has 6 aliphatic rings. The quantitative estimate of drug-likeness (QED) is 0.333. The molecule has 0 N–H and O–H groups in total. The molecular formula is C39H55NSi. The molecule has 1 aliphatic heterocycles. The maximum atomic E-state index is 3.14. The molecule has 1 saturated heterocycles. The summed E-state index contributed by atoms with van der Waals surface area (Å²) in [4.78, 5) is 3.14. The third kappa shape index (κ3) is 4.19. The van der Waals surface area contributed by atoms with Crippen molar-refractivity contribution in [1.29, 1.82) is 0 Å². The summed E-state index contributed by atoms with van der Waals surface area (Å²) in [5.74, 6) is 7.56. The predicted molar refractivity (Wildman–Crippen MR) is 176 cm³/mol. The van der Waals surface area contributed by atoms with Gasteiger partial charge in [-0.3, -0.25) is 0 Å². The molecule has 0 aromatic heterocycles. The molecule has 8 rings (SSSR count). The Bertz CT molecular complexity index is 1190. The Morgan fingerprint density at radius 3 is 1.98 bits per heavy atom.